The van der Waals surface area contributed by atoms with Gasteiger partial charge in [-0.1, -0.05) is 0 Å². The predicted molar refractivity (Wildman–Crippen MR) is 76.2 cm³/mol. The summed E-state index contributed by atoms with van der Waals surface area (Å²) in [5, 5.41) is 0. The van der Waals surface area contributed by atoms with Gasteiger partial charge in [0.2, 0.25) is 0 Å². The second-order valence-electron chi connectivity index (χ2n) is 4.88. The van der Waals surface area contributed by atoms with Crippen LogP contribution >= 0.6 is 0 Å². The van der Waals surface area contributed by atoms with E-state index in [-0.39, 0.29) is 0 Å². The normalized spacial score (nSPS) is 16.5. The van der Waals surface area contributed by atoms with Crippen LogP contribution in [0.2, 0.25) is 0 Å². The van der Waals surface area contributed by atoms with Crippen molar-refractivity contribution in [1.29, 1.82) is 0 Å². The Labute approximate surface area is 114 Å². The van der Waals surface area contributed by atoms with E-state index in [0.717, 1.165) is 51.6 Å². The molecule has 1 fully saturated rings. The molecule has 0 radical (unpaired) electrons. The highest BCUT2D eigenvalue weighted by Crippen LogP contribution is 2.09. The molecule has 19 heavy (non-hydrogen) atoms. The smallest absolute Gasteiger partial charge is 0.149 e. The van der Waals surface area contributed by atoms with Gasteiger partial charge < -0.3 is 15.4 Å². The lowest BCUT2D eigenvalue weighted by Gasteiger charge is -2.26. The summed E-state index contributed by atoms with van der Waals surface area (Å²) in [5.41, 5.74) is 5.63. The zero-order valence-corrected chi connectivity index (χ0v) is 11.6. The summed E-state index contributed by atoms with van der Waals surface area (Å²) in [6, 6.07) is 0. The van der Waals surface area contributed by atoms with E-state index in [0.29, 0.717) is 5.82 Å². The fraction of sp³-hybridized carbons (Fsp3) is 0.692. The minimum atomic E-state index is 0.470. The largest absolute Gasteiger partial charge is 0.382 e. The van der Waals surface area contributed by atoms with E-state index in [9.17, 15) is 0 Å². The van der Waals surface area contributed by atoms with Gasteiger partial charge in [0, 0.05) is 26.7 Å². The van der Waals surface area contributed by atoms with Gasteiger partial charge in [0.1, 0.15) is 11.6 Å². The Hall–Kier alpha value is -1.40. The lowest BCUT2D eigenvalue weighted by molar-refractivity contribution is 0.0372. The zero-order valence-electron chi connectivity index (χ0n) is 11.6. The maximum atomic E-state index is 5.63. The van der Waals surface area contributed by atoms with Crippen LogP contribution in [-0.4, -0.2) is 61.3 Å². The van der Waals surface area contributed by atoms with E-state index < -0.39 is 0 Å². The zero-order chi connectivity index (χ0) is 13.5. The Morgan fingerprint density at radius 3 is 2.84 bits per heavy atom. The third kappa shape index (κ3) is 4.65. The Morgan fingerprint density at radius 2 is 2.11 bits per heavy atom. The molecule has 0 spiro atoms. The number of unbranched alkanes of at least 4 members (excludes halogenated alkanes) is 1. The molecule has 0 aromatic carbocycles. The van der Waals surface area contributed by atoms with Gasteiger partial charge in [-0.05, 0) is 19.4 Å². The van der Waals surface area contributed by atoms with Gasteiger partial charge in [-0.2, -0.15) is 0 Å². The van der Waals surface area contributed by atoms with Crippen molar-refractivity contribution < 1.29 is 4.74 Å². The molecule has 6 nitrogen and oxygen atoms in total. The summed E-state index contributed by atoms with van der Waals surface area (Å²) in [6.07, 6.45) is 5.65. The standard InChI is InChI=1S/C13H23N5O/c1-17(13-11-15-10-12(14)16-13)4-2-3-5-18-6-8-19-9-7-18/h10-11H,2-9H2,1H3,(H2,14,16). The van der Waals surface area contributed by atoms with Crippen LogP contribution in [0, 0.1) is 0 Å². The molecule has 0 atom stereocenters. The minimum Gasteiger partial charge on any atom is -0.382 e. The monoisotopic (exact) mass is 265 g/mol. The van der Waals surface area contributed by atoms with Crippen LogP contribution in [0.4, 0.5) is 11.6 Å². The molecule has 0 amide bonds. The summed E-state index contributed by atoms with van der Waals surface area (Å²) in [4.78, 5) is 12.9. The first kappa shape index (κ1) is 14.0. The summed E-state index contributed by atoms with van der Waals surface area (Å²) in [6.45, 7) is 6.01. The van der Waals surface area contributed by atoms with Crippen LogP contribution < -0.4 is 10.6 Å². The number of hydrogen-bond acceptors (Lipinski definition) is 6. The lowest BCUT2D eigenvalue weighted by atomic mass is 10.2. The summed E-state index contributed by atoms with van der Waals surface area (Å²) in [5.74, 6) is 1.31. The fourth-order valence-corrected chi connectivity index (χ4v) is 2.18. The summed E-state index contributed by atoms with van der Waals surface area (Å²) in [7, 11) is 2.03. The van der Waals surface area contributed by atoms with Crippen molar-refractivity contribution in [2.24, 2.45) is 0 Å². The first-order valence-electron chi connectivity index (χ1n) is 6.84. The molecule has 0 unspecified atom stereocenters. The van der Waals surface area contributed by atoms with Crippen LogP contribution in [0.25, 0.3) is 0 Å². The molecule has 1 aromatic rings. The number of morpholine rings is 1. The van der Waals surface area contributed by atoms with E-state index in [2.05, 4.69) is 19.8 Å². The van der Waals surface area contributed by atoms with Crippen LogP contribution in [0.15, 0.2) is 12.4 Å². The van der Waals surface area contributed by atoms with Gasteiger partial charge in [0.25, 0.3) is 0 Å². The number of nitrogens with two attached hydrogens (primary N) is 1. The summed E-state index contributed by atoms with van der Waals surface area (Å²) >= 11 is 0. The molecule has 0 bridgehead atoms. The van der Waals surface area contributed by atoms with E-state index in [1.165, 1.54) is 6.42 Å². The maximum absolute atomic E-state index is 5.63. The Kier molecular flexibility index (Phi) is 5.35. The van der Waals surface area contributed by atoms with Crippen molar-refractivity contribution >= 4 is 11.6 Å². The molecular formula is C13H23N5O. The molecule has 1 aromatic heterocycles. The lowest BCUT2D eigenvalue weighted by Crippen LogP contribution is -2.37. The molecule has 2 heterocycles. The highest BCUT2D eigenvalue weighted by atomic mass is 16.5. The topological polar surface area (TPSA) is 67.5 Å². The number of nitrogens with zero attached hydrogens (tertiary/aromatic N) is 4. The predicted octanol–water partition coefficient (Wildman–Crippen LogP) is 0.607. The highest BCUT2D eigenvalue weighted by Gasteiger charge is 2.09. The average molecular weight is 265 g/mol. The Morgan fingerprint density at radius 1 is 1.32 bits per heavy atom. The van der Waals surface area contributed by atoms with Gasteiger partial charge in [0.05, 0.1) is 25.6 Å². The third-order valence-corrected chi connectivity index (χ3v) is 3.35. The molecule has 2 rings (SSSR count). The van der Waals surface area contributed by atoms with Gasteiger partial charge >= 0.3 is 0 Å². The van der Waals surface area contributed by atoms with Crippen molar-refractivity contribution in [3.8, 4) is 0 Å². The number of hydrogen-bond donors (Lipinski definition) is 1. The number of anilines is 2. The number of rotatable bonds is 6. The van der Waals surface area contributed by atoms with Crippen molar-refractivity contribution in [2.75, 3.05) is 57.1 Å². The van der Waals surface area contributed by atoms with E-state index in [4.69, 9.17) is 10.5 Å². The first-order chi connectivity index (χ1) is 9.25. The van der Waals surface area contributed by atoms with Gasteiger partial charge in [-0.15, -0.1) is 0 Å². The Bertz CT molecular complexity index is 381. The summed E-state index contributed by atoms with van der Waals surface area (Å²) < 4.78 is 5.34. The van der Waals surface area contributed by atoms with Gasteiger partial charge in [0.15, 0.2) is 0 Å². The second-order valence-corrected chi connectivity index (χ2v) is 4.88. The molecule has 6 heteroatoms. The maximum Gasteiger partial charge on any atom is 0.149 e. The molecule has 1 saturated heterocycles. The SMILES string of the molecule is CN(CCCCN1CCOCC1)c1cncc(N)n1. The van der Waals surface area contributed by atoms with E-state index in [1.807, 2.05) is 7.05 Å². The van der Waals surface area contributed by atoms with Crippen molar-refractivity contribution in [2.45, 2.75) is 12.8 Å². The molecular weight excluding hydrogens is 242 g/mol. The van der Waals surface area contributed by atoms with Gasteiger partial charge in [-0.3, -0.25) is 9.88 Å². The van der Waals surface area contributed by atoms with Crippen LogP contribution in [0.1, 0.15) is 12.8 Å². The molecule has 1 aliphatic rings. The number of ether oxygens (including phenoxy) is 1. The van der Waals surface area contributed by atoms with Crippen molar-refractivity contribution in [1.82, 2.24) is 14.9 Å². The molecule has 106 valence electrons. The first-order valence-corrected chi connectivity index (χ1v) is 6.84. The fourth-order valence-electron chi connectivity index (χ4n) is 2.18. The number of aromatic nitrogens is 2. The third-order valence-electron chi connectivity index (χ3n) is 3.35. The molecule has 1 aliphatic heterocycles. The molecule has 0 aliphatic carbocycles. The van der Waals surface area contributed by atoms with E-state index in [1.54, 1.807) is 12.4 Å². The second kappa shape index (κ2) is 7.25. The minimum absolute atomic E-state index is 0.470. The average Bonchev–Trinajstić information content (AvgIpc) is 2.44. The van der Waals surface area contributed by atoms with E-state index >= 15 is 0 Å². The quantitative estimate of drug-likeness (QED) is 0.760. The van der Waals surface area contributed by atoms with Crippen LogP contribution in [-0.2, 0) is 4.74 Å². The number of nitrogen functional groups attached to an aromatic ring is 1. The molecule has 2 N–H and O–H groups in total. The van der Waals surface area contributed by atoms with Gasteiger partial charge in [-0.25, -0.2) is 4.98 Å². The van der Waals surface area contributed by atoms with Crippen LogP contribution in [0.5, 0.6) is 0 Å². The molecule has 0 saturated carbocycles. The van der Waals surface area contributed by atoms with Crippen molar-refractivity contribution in [3.05, 3.63) is 12.4 Å². The van der Waals surface area contributed by atoms with Crippen molar-refractivity contribution in [3.63, 3.8) is 0 Å². The Balaban J connectivity index is 1.64. The van der Waals surface area contributed by atoms with Crippen LogP contribution in [0.3, 0.4) is 0 Å². The highest BCUT2D eigenvalue weighted by molar-refractivity contribution is 5.40.